The minimum Gasteiger partial charge on any atom is -0.322 e. The Hall–Kier alpha value is -3.43. The lowest BCUT2D eigenvalue weighted by Crippen LogP contribution is -2.25. The molecule has 0 atom stereocenters. The molecule has 1 fully saturated rings. The van der Waals surface area contributed by atoms with Crippen LogP contribution in [0.25, 0.3) is 0 Å². The van der Waals surface area contributed by atoms with Crippen molar-refractivity contribution in [3.05, 3.63) is 83.1 Å². The molecule has 2 amide bonds. The average molecular weight is 471 g/mol. The molecular formula is C22H19ClN4O4S. The number of hydrogen-bond acceptors (Lipinski definition) is 5. The summed E-state index contributed by atoms with van der Waals surface area (Å²) in [6, 6.07) is 14.4. The molecule has 2 aromatic carbocycles. The highest BCUT2D eigenvalue weighted by Crippen LogP contribution is 2.27. The highest BCUT2D eigenvalue weighted by atomic mass is 35.5. The monoisotopic (exact) mass is 470 g/mol. The summed E-state index contributed by atoms with van der Waals surface area (Å²) in [5, 5.41) is 5.77. The van der Waals surface area contributed by atoms with Crippen molar-refractivity contribution in [1.82, 2.24) is 4.98 Å². The van der Waals surface area contributed by atoms with E-state index in [2.05, 4.69) is 15.6 Å². The molecular weight excluding hydrogens is 452 g/mol. The molecule has 4 rings (SSSR count). The van der Waals surface area contributed by atoms with Gasteiger partial charge in [-0.15, -0.1) is 0 Å². The molecule has 0 aliphatic carbocycles. The van der Waals surface area contributed by atoms with Crippen LogP contribution in [0.3, 0.4) is 0 Å². The second-order valence-electron chi connectivity index (χ2n) is 7.13. The molecule has 0 bridgehead atoms. The van der Waals surface area contributed by atoms with Gasteiger partial charge in [0.2, 0.25) is 10.0 Å². The number of carbonyl (C=O) groups is 2. The number of hydrogen-bond donors (Lipinski definition) is 2. The van der Waals surface area contributed by atoms with Crippen LogP contribution in [0, 0.1) is 0 Å². The van der Waals surface area contributed by atoms with Crippen molar-refractivity contribution >= 4 is 50.5 Å². The Morgan fingerprint density at radius 1 is 0.969 bits per heavy atom. The fourth-order valence-electron chi connectivity index (χ4n) is 3.30. The van der Waals surface area contributed by atoms with Crippen LogP contribution in [-0.4, -0.2) is 37.5 Å². The standard InChI is InChI=1S/C22H19ClN4O4S/c23-19-9-6-17(13-20(19)26-22(29)16-3-1-10-24-14-16)25-21(28)15-4-7-18(8-5-15)27-11-2-12-32(27,30)31/h1,3-10,13-14H,2,11-12H2,(H,25,28)(H,26,29). The highest BCUT2D eigenvalue weighted by Gasteiger charge is 2.28. The van der Waals surface area contributed by atoms with Gasteiger partial charge in [0, 0.05) is 30.2 Å². The number of rotatable bonds is 5. The lowest BCUT2D eigenvalue weighted by Gasteiger charge is -2.17. The van der Waals surface area contributed by atoms with Crippen molar-refractivity contribution in [2.45, 2.75) is 6.42 Å². The van der Waals surface area contributed by atoms with Gasteiger partial charge in [-0.2, -0.15) is 0 Å². The third-order valence-corrected chi connectivity index (χ3v) is 7.11. The van der Waals surface area contributed by atoms with E-state index >= 15 is 0 Å². The molecule has 32 heavy (non-hydrogen) atoms. The number of aromatic nitrogens is 1. The summed E-state index contributed by atoms with van der Waals surface area (Å²) < 4.78 is 25.5. The van der Waals surface area contributed by atoms with Gasteiger partial charge in [0.1, 0.15) is 0 Å². The second-order valence-corrected chi connectivity index (χ2v) is 9.55. The third kappa shape index (κ3) is 4.74. The number of halogens is 1. The predicted molar refractivity (Wildman–Crippen MR) is 124 cm³/mol. The number of anilines is 3. The minimum absolute atomic E-state index is 0.130. The fourth-order valence-corrected chi connectivity index (χ4v) is 5.03. The van der Waals surface area contributed by atoms with Crippen LogP contribution < -0.4 is 14.9 Å². The molecule has 1 aliphatic heterocycles. The van der Waals surface area contributed by atoms with E-state index in [1.165, 1.54) is 10.5 Å². The summed E-state index contributed by atoms with van der Waals surface area (Å²) in [4.78, 5) is 28.9. The van der Waals surface area contributed by atoms with E-state index in [0.29, 0.717) is 46.2 Å². The van der Waals surface area contributed by atoms with Gasteiger partial charge < -0.3 is 10.6 Å². The maximum Gasteiger partial charge on any atom is 0.257 e. The summed E-state index contributed by atoms with van der Waals surface area (Å²) in [7, 11) is -3.28. The molecule has 2 heterocycles. The predicted octanol–water partition coefficient (Wildman–Crippen LogP) is 3.78. The molecule has 0 spiro atoms. The summed E-state index contributed by atoms with van der Waals surface area (Å²) in [6.45, 7) is 0.437. The zero-order chi connectivity index (χ0) is 22.7. The van der Waals surface area contributed by atoms with Gasteiger partial charge in [-0.05, 0) is 61.0 Å². The molecule has 1 saturated heterocycles. The van der Waals surface area contributed by atoms with Crippen molar-refractivity contribution in [2.75, 3.05) is 27.2 Å². The van der Waals surface area contributed by atoms with E-state index in [1.807, 2.05) is 0 Å². The van der Waals surface area contributed by atoms with Gasteiger partial charge in [0.05, 0.1) is 27.7 Å². The fraction of sp³-hybridized carbons (Fsp3) is 0.136. The molecule has 0 saturated carbocycles. The Morgan fingerprint density at radius 2 is 1.72 bits per heavy atom. The van der Waals surface area contributed by atoms with E-state index < -0.39 is 10.0 Å². The number of pyridine rings is 1. The molecule has 164 valence electrons. The summed E-state index contributed by atoms with van der Waals surface area (Å²) in [5.74, 6) is -0.630. The van der Waals surface area contributed by atoms with Gasteiger partial charge in [-0.3, -0.25) is 18.9 Å². The van der Waals surface area contributed by atoms with E-state index in [9.17, 15) is 18.0 Å². The van der Waals surface area contributed by atoms with Crippen molar-refractivity contribution < 1.29 is 18.0 Å². The van der Waals surface area contributed by atoms with Crippen LogP contribution >= 0.6 is 11.6 Å². The number of carbonyl (C=O) groups excluding carboxylic acids is 2. The van der Waals surface area contributed by atoms with Crippen LogP contribution in [0.5, 0.6) is 0 Å². The summed E-state index contributed by atoms with van der Waals surface area (Å²) in [5.41, 5.74) is 2.05. The van der Waals surface area contributed by atoms with Crippen LogP contribution in [-0.2, 0) is 10.0 Å². The summed E-state index contributed by atoms with van der Waals surface area (Å²) >= 11 is 6.19. The number of benzene rings is 2. The minimum atomic E-state index is -3.28. The van der Waals surface area contributed by atoms with E-state index in [4.69, 9.17) is 11.6 Å². The zero-order valence-corrected chi connectivity index (χ0v) is 18.4. The average Bonchev–Trinajstić information content (AvgIpc) is 3.15. The molecule has 0 unspecified atom stereocenters. The number of nitrogens with zero attached hydrogens (tertiary/aromatic N) is 2. The molecule has 1 aliphatic rings. The molecule has 10 heteroatoms. The van der Waals surface area contributed by atoms with Gasteiger partial charge >= 0.3 is 0 Å². The smallest absolute Gasteiger partial charge is 0.257 e. The summed E-state index contributed by atoms with van der Waals surface area (Å²) in [6.07, 6.45) is 3.59. The van der Waals surface area contributed by atoms with E-state index in [1.54, 1.807) is 60.8 Å². The third-order valence-electron chi connectivity index (χ3n) is 4.91. The molecule has 0 radical (unpaired) electrons. The van der Waals surface area contributed by atoms with Crippen LogP contribution in [0.15, 0.2) is 67.0 Å². The first-order valence-electron chi connectivity index (χ1n) is 9.76. The van der Waals surface area contributed by atoms with Crippen molar-refractivity contribution in [3.63, 3.8) is 0 Å². The SMILES string of the molecule is O=C(Nc1ccc(Cl)c(NC(=O)c2cccnc2)c1)c1ccc(N2CCCS2(=O)=O)cc1. The van der Waals surface area contributed by atoms with Crippen molar-refractivity contribution in [1.29, 1.82) is 0 Å². The van der Waals surface area contributed by atoms with Gasteiger partial charge in [-0.1, -0.05) is 11.6 Å². The van der Waals surface area contributed by atoms with E-state index in [-0.39, 0.29) is 17.6 Å². The Kier molecular flexibility index (Phi) is 6.11. The molecule has 2 N–H and O–H groups in total. The van der Waals surface area contributed by atoms with Gasteiger partial charge in [-0.25, -0.2) is 8.42 Å². The van der Waals surface area contributed by atoms with E-state index in [0.717, 1.165) is 0 Å². The Bertz CT molecular complexity index is 1260. The van der Waals surface area contributed by atoms with Crippen molar-refractivity contribution in [3.8, 4) is 0 Å². The first-order valence-corrected chi connectivity index (χ1v) is 11.7. The second kappa shape index (κ2) is 8.97. The number of nitrogens with one attached hydrogen (secondary N) is 2. The van der Waals surface area contributed by atoms with Crippen LogP contribution in [0.4, 0.5) is 17.1 Å². The maximum atomic E-state index is 12.6. The number of amides is 2. The highest BCUT2D eigenvalue weighted by molar-refractivity contribution is 7.93. The topological polar surface area (TPSA) is 108 Å². The maximum absolute atomic E-state index is 12.6. The quantitative estimate of drug-likeness (QED) is 0.590. The lowest BCUT2D eigenvalue weighted by molar-refractivity contribution is 0.101. The Balaban J connectivity index is 1.46. The molecule has 3 aromatic rings. The first-order chi connectivity index (χ1) is 15.3. The Morgan fingerprint density at radius 3 is 2.38 bits per heavy atom. The van der Waals surface area contributed by atoms with Gasteiger partial charge in [0.25, 0.3) is 11.8 Å². The van der Waals surface area contributed by atoms with Crippen LogP contribution in [0.2, 0.25) is 5.02 Å². The van der Waals surface area contributed by atoms with Crippen molar-refractivity contribution in [2.24, 2.45) is 0 Å². The largest absolute Gasteiger partial charge is 0.322 e. The number of sulfonamides is 1. The Labute approximate surface area is 190 Å². The normalized spacial score (nSPS) is 14.7. The van der Waals surface area contributed by atoms with Gasteiger partial charge in [0.15, 0.2) is 0 Å². The zero-order valence-electron chi connectivity index (χ0n) is 16.8. The van der Waals surface area contributed by atoms with Crippen LogP contribution in [0.1, 0.15) is 27.1 Å². The molecule has 8 nitrogen and oxygen atoms in total. The molecule has 1 aromatic heterocycles. The lowest BCUT2D eigenvalue weighted by atomic mass is 10.2. The first kappa shape index (κ1) is 21.8.